The van der Waals surface area contributed by atoms with Crippen molar-refractivity contribution in [3.63, 3.8) is 0 Å². The summed E-state index contributed by atoms with van der Waals surface area (Å²) in [7, 11) is 0. The monoisotopic (exact) mass is 254 g/mol. The van der Waals surface area contributed by atoms with Gasteiger partial charge < -0.3 is 14.9 Å². The Labute approximate surface area is 108 Å². The largest absolute Gasteiger partial charge is 0.391 e. The SMILES string of the molecule is CCC(=O)N1CCCC(C(=O)N2CC[C@@H](O)C2)C1. The molecule has 0 aliphatic carbocycles. The number of β-amino-alcohol motifs (C(OH)–C–C–N with tert-alkyl or cyclic N) is 1. The Bertz CT molecular complexity index is 332. The molecule has 0 saturated carbocycles. The molecule has 2 aliphatic rings. The topological polar surface area (TPSA) is 60.9 Å². The van der Waals surface area contributed by atoms with E-state index < -0.39 is 0 Å². The molecule has 2 saturated heterocycles. The van der Waals surface area contributed by atoms with Crippen molar-refractivity contribution in [2.75, 3.05) is 26.2 Å². The number of hydrogen-bond donors (Lipinski definition) is 1. The predicted octanol–water partition coefficient (Wildman–Crippen LogP) is 0.228. The van der Waals surface area contributed by atoms with Gasteiger partial charge in [-0.2, -0.15) is 0 Å². The summed E-state index contributed by atoms with van der Waals surface area (Å²) >= 11 is 0. The van der Waals surface area contributed by atoms with Crippen molar-refractivity contribution >= 4 is 11.8 Å². The van der Waals surface area contributed by atoms with Crippen molar-refractivity contribution < 1.29 is 14.7 Å². The quantitative estimate of drug-likeness (QED) is 0.767. The second kappa shape index (κ2) is 5.69. The first-order valence-corrected chi connectivity index (χ1v) is 6.86. The maximum absolute atomic E-state index is 12.3. The zero-order valence-electron chi connectivity index (χ0n) is 11.0. The van der Waals surface area contributed by atoms with Crippen molar-refractivity contribution in [2.24, 2.45) is 5.92 Å². The second-order valence-electron chi connectivity index (χ2n) is 5.26. The fraction of sp³-hybridized carbons (Fsp3) is 0.846. The summed E-state index contributed by atoms with van der Waals surface area (Å²) in [5.41, 5.74) is 0. The summed E-state index contributed by atoms with van der Waals surface area (Å²) < 4.78 is 0. The summed E-state index contributed by atoms with van der Waals surface area (Å²) in [6.07, 6.45) is 2.57. The van der Waals surface area contributed by atoms with Crippen LogP contribution >= 0.6 is 0 Å². The fourth-order valence-corrected chi connectivity index (χ4v) is 2.83. The van der Waals surface area contributed by atoms with E-state index in [0.29, 0.717) is 32.5 Å². The summed E-state index contributed by atoms with van der Waals surface area (Å²) in [4.78, 5) is 27.5. The average molecular weight is 254 g/mol. The van der Waals surface area contributed by atoms with E-state index in [1.165, 1.54) is 0 Å². The van der Waals surface area contributed by atoms with Crippen LogP contribution < -0.4 is 0 Å². The molecule has 0 aromatic carbocycles. The molecule has 0 bridgehead atoms. The lowest BCUT2D eigenvalue weighted by atomic mass is 9.96. The van der Waals surface area contributed by atoms with Crippen LogP contribution in [0.15, 0.2) is 0 Å². The standard InChI is InChI=1S/C13H22N2O3/c1-2-12(17)14-6-3-4-10(8-14)13(18)15-7-5-11(16)9-15/h10-11,16H,2-9H2,1H3/t10?,11-/m1/s1. The van der Waals surface area contributed by atoms with Crippen LogP contribution in [0.5, 0.6) is 0 Å². The summed E-state index contributed by atoms with van der Waals surface area (Å²) in [5.74, 6) is 0.175. The van der Waals surface area contributed by atoms with Gasteiger partial charge in [0.05, 0.1) is 12.0 Å². The second-order valence-corrected chi connectivity index (χ2v) is 5.26. The van der Waals surface area contributed by atoms with Gasteiger partial charge in [-0.1, -0.05) is 6.92 Å². The molecule has 0 aromatic rings. The van der Waals surface area contributed by atoms with Crippen molar-refractivity contribution in [3.8, 4) is 0 Å². The number of rotatable bonds is 2. The fourth-order valence-electron chi connectivity index (χ4n) is 2.83. The molecular formula is C13H22N2O3. The Morgan fingerprint density at radius 1 is 1.17 bits per heavy atom. The smallest absolute Gasteiger partial charge is 0.227 e. The van der Waals surface area contributed by atoms with Gasteiger partial charge in [0, 0.05) is 32.6 Å². The Kier molecular flexibility index (Phi) is 4.22. The molecule has 2 amide bonds. The van der Waals surface area contributed by atoms with Gasteiger partial charge in [-0.25, -0.2) is 0 Å². The molecule has 0 spiro atoms. The molecule has 2 atom stereocenters. The van der Waals surface area contributed by atoms with Gasteiger partial charge in [-0.05, 0) is 19.3 Å². The van der Waals surface area contributed by atoms with Crippen molar-refractivity contribution in [1.29, 1.82) is 0 Å². The molecule has 102 valence electrons. The summed E-state index contributed by atoms with van der Waals surface area (Å²) in [6.45, 7) is 4.29. The lowest BCUT2D eigenvalue weighted by Crippen LogP contribution is -2.46. The van der Waals surface area contributed by atoms with Gasteiger partial charge in [-0.15, -0.1) is 0 Å². The van der Waals surface area contributed by atoms with E-state index in [1.54, 1.807) is 9.80 Å². The molecule has 5 heteroatoms. The van der Waals surface area contributed by atoms with Crippen LogP contribution in [0.25, 0.3) is 0 Å². The van der Waals surface area contributed by atoms with Crippen molar-refractivity contribution in [2.45, 2.75) is 38.7 Å². The zero-order chi connectivity index (χ0) is 13.1. The third-order valence-electron chi connectivity index (χ3n) is 3.90. The number of likely N-dealkylation sites (tertiary alicyclic amines) is 2. The Balaban J connectivity index is 1.92. The highest BCUT2D eigenvalue weighted by Crippen LogP contribution is 2.21. The Hall–Kier alpha value is -1.10. The van der Waals surface area contributed by atoms with E-state index in [1.807, 2.05) is 6.92 Å². The number of hydrogen-bond acceptors (Lipinski definition) is 3. The van der Waals surface area contributed by atoms with Gasteiger partial charge >= 0.3 is 0 Å². The van der Waals surface area contributed by atoms with E-state index in [-0.39, 0.29) is 23.8 Å². The summed E-state index contributed by atoms with van der Waals surface area (Å²) in [6, 6.07) is 0. The first-order chi connectivity index (χ1) is 8.61. The number of carbonyl (C=O) groups is 2. The number of aliphatic hydroxyl groups is 1. The third-order valence-corrected chi connectivity index (χ3v) is 3.90. The van der Waals surface area contributed by atoms with E-state index in [9.17, 15) is 14.7 Å². The van der Waals surface area contributed by atoms with Crippen LogP contribution in [0.4, 0.5) is 0 Å². The number of aliphatic hydroxyl groups excluding tert-OH is 1. The normalized spacial score (nSPS) is 28.6. The van der Waals surface area contributed by atoms with E-state index >= 15 is 0 Å². The van der Waals surface area contributed by atoms with Gasteiger partial charge in [0.25, 0.3) is 0 Å². The number of carbonyl (C=O) groups excluding carboxylic acids is 2. The third kappa shape index (κ3) is 2.83. The zero-order valence-corrected chi connectivity index (χ0v) is 11.0. The van der Waals surface area contributed by atoms with E-state index in [0.717, 1.165) is 19.4 Å². The van der Waals surface area contributed by atoms with Gasteiger partial charge in [0.2, 0.25) is 11.8 Å². The average Bonchev–Trinajstić information content (AvgIpc) is 2.83. The minimum absolute atomic E-state index is 0.0699. The predicted molar refractivity (Wildman–Crippen MR) is 66.8 cm³/mol. The van der Waals surface area contributed by atoms with Crippen LogP contribution in [0.2, 0.25) is 0 Å². The highest BCUT2D eigenvalue weighted by atomic mass is 16.3. The molecule has 0 aromatic heterocycles. The molecule has 1 N–H and O–H groups in total. The molecule has 5 nitrogen and oxygen atoms in total. The Morgan fingerprint density at radius 3 is 2.56 bits per heavy atom. The number of nitrogens with zero attached hydrogens (tertiary/aromatic N) is 2. The van der Waals surface area contributed by atoms with Gasteiger partial charge in [0.1, 0.15) is 0 Å². The van der Waals surface area contributed by atoms with E-state index in [4.69, 9.17) is 0 Å². The lowest BCUT2D eigenvalue weighted by Gasteiger charge is -2.33. The summed E-state index contributed by atoms with van der Waals surface area (Å²) in [5, 5.41) is 9.47. The molecule has 2 rings (SSSR count). The van der Waals surface area contributed by atoms with Gasteiger partial charge in [-0.3, -0.25) is 9.59 Å². The van der Waals surface area contributed by atoms with Crippen LogP contribution in [0.1, 0.15) is 32.6 Å². The van der Waals surface area contributed by atoms with Crippen molar-refractivity contribution in [1.82, 2.24) is 9.80 Å². The maximum Gasteiger partial charge on any atom is 0.227 e. The minimum atomic E-state index is -0.370. The molecule has 1 unspecified atom stereocenters. The van der Waals surface area contributed by atoms with Crippen LogP contribution in [-0.4, -0.2) is 59.0 Å². The van der Waals surface area contributed by atoms with Gasteiger partial charge in [0.15, 0.2) is 0 Å². The Morgan fingerprint density at radius 2 is 1.94 bits per heavy atom. The molecule has 18 heavy (non-hydrogen) atoms. The first kappa shape index (κ1) is 13.3. The maximum atomic E-state index is 12.3. The molecule has 0 radical (unpaired) electrons. The molecular weight excluding hydrogens is 232 g/mol. The molecule has 2 fully saturated rings. The van der Waals surface area contributed by atoms with Crippen LogP contribution in [-0.2, 0) is 9.59 Å². The number of piperidine rings is 1. The lowest BCUT2D eigenvalue weighted by molar-refractivity contribution is -0.140. The minimum Gasteiger partial charge on any atom is -0.391 e. The van der Waals surface area contributed by atoms with Crippen LogP contribution in [0, 0.1) is 5.92 Å². The first-order valence-electron chi connectivity index (χ1n) is 6.86. The molecule has 2 heterocycles. The number of amides is 2. The highest BCUT2D eigenvalue weighted by Gasteiger charge is 2.33. The van der Waals surface area contributed by atoms with Crippen LogP contribution in [0.3, 0.4) is 0 Å². The highest BCUT2D eigenvalue weighted by molar-refractivity contribution is 5.81. The molecule has 2 aliphatic heterocycles. The van der Waals surface area contributed by atoms with E-state index in [2.05, 4.69) is 0 Å². The van der Waals surface area contributed by atoms with Crippen molar-refractivity contribution in [3.05, 3.63) is 0 Å².